The Morgan fingerprint density at radius 2 is 1.76 bits per heavy atom. The molecule has 0 spiro atoms. The zero-order chi connectivity index (χ0) is 23.8. The molecule has 1 aliphatic heterocycles. The molecule has 2 heterocycles. The highest BCUT2D eigenvalue weighted by Crippen LogP contribution is 2.40. The summed E-state index contributed by atoms with van der Waals surface area (Å²) in [5.41, 5.74) is 4.10. The zero-order valence-electron chi connectivity index (χ0n) is 18.7. The number of para-hydroxylation sites is 1. The van der Waals surface area contributed by atoms with Gasteiger partial charge in [0, 0.05) is 29.2 Å². The van der Waals surface area contributed by atoms with Gasteiger partial charge in [-0.1, -0.05) is 60.2 Å². The van der Waals surface area contributed by atoms with Gasteiger partial charge in [0.25, 0.3) is 11.7 Å². The van der Waals surface area contributed by atoms with Gasteiger partial charge < -0.3 is 20.1 Å². The molecule has 3 aromatic carbocycles. The third-order valence-corrected chi connectivity index (χ3v) is 6.35. The minimum absolute atomic E-state index is 0.0232. The number of aromatic hydroxyl groups is 1. The highest BCUT2D eigenvalue weighted by Gasteiger charge is 2.46. The standard InChI is InChI=1S/C28H24N2O4/c1-17-9-11-18(12-10-17)26(32)24-25(19-5-4-6-21(31)15-19)30(28(34)27(24)33)14-13-20-16-29-23-8-3-2-7-22(20)23/h2-12,15-16,25,29,31-32H,13-14H2,1H3/t25-/m0/s1. The molecule has 4 aromatic rings. The average molecular weight is 453 g/mol. The molecule has 6 heteroatoms. The SMILES string of the molecule is Cc1ccc(C(O)=C2C(=O)C(=O)N(CCc3c[nH]c4ccccc34)[C@H]2c2cccc(O)c2)cc1. The maximum atomic E-state index is 13.2. The number of aliphatic hydroxyl groups excluding tert-OH is 1. The van der Waals surface area contributed by atoms with Crippen LogP contribution in [0.5, 0.6) is 5.75 Å². The number of phenols is 1. The van der Waals surface area contributed by atoms with E-state index in [1.807, 2.05) is 49.5 Å². The Bertz CT molecular complexity index is 1430. The summed E-state index contributed by atoms with van der Waals surface area (Å²) >= 11 is 0. The molecule has 1 saturated heterocycles. The van der Waals surface area contributed by atoms with Crippen LogP contribution in [0.25, 0.3) is 16.7 Å². The lowest BCUT2D eigenvalue weighted by atomic mass is 9.94. The van der Waals surface area contributed by atoms with Gasteiger partial charge >= 0.3 is 0 Å². The molecule has 6 nitrogen and oxygen atoms in total. The van der Waals surface area contributed by atoms with E-state index < -0.39 is 17.7 Å². The van der Waals surface area contributed by atoms with Gasteiger partial charge in [0.1, 0.15) is 11.5 Å². The van der Waals surface area contributed by atoms with Crippen LogP contribution in [0.2, 0.25) is 0 Å². The van der Waals surface area contributed by atoms with Gasteiger partial charge in [0.05, 0.1) is 11.6 Å². The summed E-state index contributed by atoms with van der Waals surface area (Å²) < 4.78 is 0. The van der Waals surface area contributed by atoms with E-state index in [2.05, 4.69) is 4.98 Å². The number of rotatable bonds is 5. The van der Waals surface area contributed by atoms with Crippen LogP contribution in [0.3, 0.4) is 0 Å². The normalized spacial score (nSPS) is 17.6. The maximum Gasteiger partial charge on any atom is 0.295 e. The molecule has 170 valence electrons. The first kappa shape index (κ1) is 21.5. The quantitative estimate of drug-likeness (QED) is 0.229. The van der Waals surface area contributed by atoms with Crippen LogP contribution >= 0.6 is 0 Å². The van der Waals surface area contributed by atoms with Gasteiger partial charge in [-0.2, -0.15) is 0 Å². The molecule has 0 bridgehead atoms. The number of aryl methyl sites for hydroxylation is 1. The first-order chi connectivity index (χ1) is 16.4. The van der Waals surface area contributed by atoms with Crippen molar-refractivity contribution in [2.45, 2.75) is 19.4 Å². The minimum atomic E-state index is -0.807. The van der Waals surface area contributed by atoms with Gasteiger partial charge in [-0.3, -0.25) is 9.59 Å². The second-order valence-corrected chi connectivity index (χ2v) is 8.56. The summed E-state index contributed by atoms with van der Waals surface area (Å²) in [5.74, 6) is -1.59. The number of likely N-dealkylation sites (tertiary alicyclic amines) is 1. The highest BCUT2D eigenvalue weighted by atomic mass is 16.3. The fourth-order valence-electron chi connectivity index (χ4n) is 4.60. The molecule has 1 amide bonds. The maximum absolute atomic E-state index is 13.2. The van der Waals surface area contributed by atoms with Crippen LogP contribution in [-0.4, -0.2) is 38.3 Å². The van der Waals surface area contributed by atoms with Crippen LogP contribution in [-0.2, 0) is 16.0 Å². The Morgan fingerprint density at radius 1 is 1.00 bits per heavy atom. The van der Waals surface area contributed by atoms with Crippen molar-refractivity contribution in [1.82, 2.24) is 9.88 Å². The summed E-state index contributed by atoms with van der Waals surface area (Å²) in [6.07, 6.45) is 2.44. The van der Waals surface area contributed by atoms with Crippen molar-refractivity contribution in [2.75, 3.05) is 6.54 Å². The van der Waals surface area contributed by atoms with Crippen LogP contribution in [0.15, 0.2) is 84.6 Å². The number of carbonyl (C=O) groups excluding carboxylic acids is 2. The van der Waals surface area contributed by atoms with Gasteiger partial charge in [0.15, 0.2) is 0 Å². The molecule has 3 N–H and O–H groups in total. The lowest BCUT2D eigenvalue weighted by Gasteiger charge is -2.25. The minimum Gasteiger partial charge on any atom is -0.508 e. The number of phenolic OH excluding ortho intramolecular Hbond substituents is 1. The predicted molar refractivity (Wildman–Crippen MR) is 130 cm³/mol. The van der Waals surface area contributed by atoms with Gasteiger partial charge in [0.2, 0.25) is 0 Å². The molecule has 0 unspecified atom stereocenters. The Kier molecular flexibility index (Phi) is 5.42. The first-order valence-electron chi connectivity index (χ1n) is 11.1. The molecule has 34 heavy (non-hydrogen) atoms. The predicted octanol–water partition coefficient (Wildman–Crippen LogP) is 4.85. The van der Waals surface area contributed by atoms with E-state index in [0.29, 0.717) is 17.5 Å². The van der Waals surface area contributed by atoms with Crippen LogP contribution in [0, 0.1) is 6.92 Å². The van der Waals surface area contributed by atoms with E-state index in [-0.39, 0.29) is 23.6 Å². The van der Waals surface area contributed by atoms with Crippen molar-refractivity contribution in [3.05, 3.63) is 107 Å². The van der Waals surface area contributed by atoms with Gasteiger partial charge in [-0.05, 0) is 42.7 Å². The number of H-pyrrole nitrogens is 1. The number of aromatic nitrogens is 1. The number of aliphatic hydroxyl groups is 1. The molecule has 1 atom stereocenters. The van der Waals surface area contributed by atoms with E-state index in [0.717, 1.165) is 22.0 Å². The number of aromatic amines is 1. The van der Waals surface area contributed by atoms with E-state index >= 15 is 0 Å². The van der Waals surface area contributed by atoms with Crippen molar-refractivity contribution >= 4 is 28.4 Å². The number of Topliss-reactive ketones (excluding diaryl/α,β-unsaturated/α-hetero) is 1. The first-order valence-corrected chi connectivity index (χ1v) is 11.1. The number of carbonyl (C=O) groups is 2. The number of hydrogen-bond donors (Lipinski definition) is 3. The monoisotopic (exact) mass is 452 g/mol. The Labute approximate surface area is 196 Å². The second kappa shape index (κ2) is 8.56. The zero-order valence-corrected chi connectivity index (χ0v) is 18.7. The lowest BCUT2D eigenvalue weighted by molar-refractivity contribution is -0.139. The molecule has 0 saturated carbocycles. The lowest BCUT2D eigenvalue weighted by Crippen LogP contribution is -2.31. The summed E-state index contributed by atoms with van der Waals surface area (Å²) in [7, 11) is 0. The van der Waals surface area contributed by atoms with Gasteiger partial charge in [-0.25, -0.2) is 0 Å². The number of fused-ring (bicyclic) bond motifs is 1. The van der Waals surface area contributed by atoms with Crippen molar-refractivity contribution in [1.29, 1.82) is 0 Å². The smallest absolute Gasteiger partial charge is 0.295 e. The van der Waals surface area contributed by atoms with Gasteiger partial charge in [-0.15, -0.1) is 0 Å². The number of amides is 1. The topological polar surface area (TPSA) is 93.6 Å². The molecule has 5 rings (SSSR count). The third kappa shape index (κ3) is 3.73. The fraction of sp³-hybridized carbons (Fsp3) is 0.143. The molecule has 1 aromatic heterocycles. The number of ketones is 1. The number of benzene rings is 3. The summed E-state index contributed by atoms with van der Waals surface area (Å²) in [6.45, 7) is 2.21. The van der Waals surface area contributed by atoms with Crippen LogP contribution in [0.1, 0.15) is 28.3 Å². The Morgan fingerprint density at radius 3 is 2.53 bits per heavy atom. The molecule has 1 fully saturated rings. The fourth-order valence-corrected chi connectivity index (χ4v) is 4.60. The van der Waals surface area contributed by atoms with E-state index in [4.69, 9.17) is 0 Å². The van der Waals surface area contributed by atoms with E-state index in [9.17, 15) is 19.8 Å². The van der Waals surface area contributed by atoms with Crippen LogP contribution in [0.4, 0.5) is 0 Å². The van der Waals surface area contributed by atoms with Crippen molar-refractivity contribution < 1.29 is 19.8 Å². The van der Waals surface area contributed by atoms with Crippen LogP contribution < -0.4 is 0 Å². The molecular weight excluding hydrogens is 428 g/mol. The largest absolute Gasteiger partial charge is 0.508 e. The van der Waals surface area contributed by atoms with Crippen molar-refractivity contribution in [3.8, 4) is 5.75 Å². The average Bonchev–Trinajstić information content (AvgIpc) is 3.36. The molecular formula is C28H24N2O4. The molecule has 0 aliphatic carbocycles. The second-order valence-electron chi connectivity index (χ2n) is 8.56. The van der Waals surface area contributed by atoms with E-state index in [1.54, 1.807) is 24.3 Å². The number of nitrogens with zero attached hydrogens (tertiary/aromatic N) is 1. The Balaban J connectivity index is 1.57. The Hall–Kier alpha value is -4.32. The summed E-state index contributed by atoms with van der Waals surface area (Å²) in [5, 5.41) is 22.3. The summed E-state index contributed by atoms with van der Waals surface area (Å²) in [4.78, 5) is 31.0. The van der Waals surface area contributed by atoms with Crippen molar-refractivity contribution in [2.24, 2.45) is 0 Å². The molecule has 0 radical (unpaired) electrons. The summed E-state index contributed by atoms with van der Waals surface area (Å²) in [6, 6.07) is 20.7. The number of nitrogens with one attached hydrogen (secondary N) is 1. The number of hydrogen-bond acceptors (Lipinski definition) is 4. The van der Waals surface area contributed by atoms with Crippen molar-refractivity contribution in [3.63, 3.8) is 0 Å². The highest BCUT2D eigenvalue weighted by molar-refractivity contribution is 6.46. The third-order valence-electron chi connectivity index (χ3n) is 6.35. The van der Waals surface area contributed by atoms with E-state index in [1.165, 1.54) is 17.0 Å². The molecule has 1 aliphatic rings.